The number of phenols is 1. The van der Waals surface area contributed by atoms with Gasteiger partial charge in [0.25, 0.3) is 0 Å². The summed E-state index contributed by atoms with van der Waals surface area (Å²) in [6.45, 7) is 9.47. The second kappa shape index (κ2) is 10.5. The van der Waals surface area contributed by atoms with Crippen LogP contribution in [0.5, 0.6) is 5.75 Å². The highest BCUT2D eigenvalue weighted by Crippen LogP contribution is 2.33. The van der Waals surface area contributed by atoms with Gasteiger partial charge in [-0.05, 0) is 26.6 Å². The molecule has 0 bridgehead atoms. The molecule has 8 nitrogen and oxygen atoms in total. The number of carbonyl (C=O) groups is 2. The van der Waals surface area contributed by atoms with Crippen molar-refractivity contribution in [1.29, 1.82) is 0 Å². The van der Waals surface area contributed by atoms with Gasteiger partial charge in [-0.1, -0.05) is 13.3 Å². The molecule has 0 amide bonds. The van der Waals surface area contributed by atoms with Gasteiger partial charge in [0.15, 0.2) is 11.6 Å². The number of piperazine rings is 2. The average Bonchev–Trinajstić information content (AvgIpc) is 2.74. The third-order valence-electron chi connectivity index (χ3n) is 6.47. The third kappa shape index (κ3) is 5.83. The van der Waals surface area contributed by atoms with Crippen LogP contribution in [0.3, 0.4) is 0 Å². The minimum atomic E-state index is -0.159. The molecule has 0 unspecified atom stereocenters. The van der Waals surface area contributed by atoms with Crippen LogP contribution in [0.15, 0.2) is 6.07 Å². The van der Waals surface area contributed by atoms with Crippen molar-refractivity contribution in [2.24, 2.45) is 0 Å². The maximum atomic E-state index is 13.1. The van der Waals surface area contributed by atoms with Crippen LogP contribution < -0.4 is 5.73 Å². The van der Waals surface area contributed by atoms with E-state index in [0.29, 0.717) is 23.2 Å². The number of anilines is 1. The van der Waals surface area contributed by atoms with Crippen molar-refractivity contribution in [3.8, 4) is 5.75 Å². The van der Waals surface area contributed by atoms with Crippen molar-refractivity contribution in [1.82, 2.24) is 19.6 Å². The van der Waals surface area contributed by atoms with Gasteiger partial charge in [0, 0.05) is 69.2 Å². The molecule has 2 aliphatic rings. The SMILES string of the molecule is CCCc1c(N)c(C(=O)CN2CCN(C)CC2)cc(C(=O)CN2CCN(C)CC2)c1O. The van der Waals surface area contributed by atoms with E-state index in [0.717, 1.165) is 58.8 Å². The Hall–Kier alpha value is -2.00. The van der Waals surface area contributed by atoms with E-state index in [1.807, 2.05) is 6.92 Å². The lowest BCUT2D eigenvalue weighted by Crippen LogP contribution is -2.46. The predicted octanol–water partition coefficient (Wildman–Crippen LogP) is 0.787. The zero-order chi connectivity index (χ0) is 22.5. The van der Waals surface area contributed by atoms with E-state index in [4.69, 9.17) is 5.73 Å². The first kappa shape index (κ1) is 23.7. The van der Waals surface area contributed by atoms with Crippen LogP contribution in [-0.4, -0.2) is 116 Å². The minimum absolute atomic E-state index is 0.0605. The monoisotopic (exact) mass is 431 g/mol. The number of carbonyl (C=O) groups excluding carboxylic acids is 2. The van der Waals surface area contributed by atoms with Crippen molar-refractivity contribution in [2.45, 2.75) is 19.8 Å². The fraction of sp³-hybridized carbons (Fsp3) is 0.652. The summed E-state index contributed by atoms with van der Waals surface area (Å²) in [5, 5.41) is 10.8. The van der Waals surface area contributed by atoms with Gasteiger partial charge in [0.05, 0.1) is 18.7 Å². The number of nitrogens with two attached hydrogens (primary N) is 1. The van der Waals surface area contributed by atoms with E-state index in [9.17, 15) is 14.7 Å². The largest absolute Gasteiger partial charge is 0.507 e. The van der Waals surface area contributed by atoms with Crippen molar-refractivity contribution in [2.75, 3.05) is 85.3 Å². The maximum absolute atomic E-state index is 13.1. The maximum Gasteiger partial charge on any atom is 0.180 e. The van der Waals surface area contributed by atoms with E-state index in [-0.39, 0.29) is 36.0 Å². The summed E-state index contributed by atoms with van der Waals surface area (Å²) in [5.41, 5.74) is 7.75. The molecule has 3 N–H and O–H groups in total. The number of Topliss-reactive ketones (excluding diaryl/α,β-unsaturated/α-hetero) is 2. The molecular formula is C23H37N5O3. The molecule has 1 aromatic rings. The summed E-state index contributed by atoms with van der Waals surface area (Å²) in [6, 6.07) is 1.53. The van der Waals surface area contributed by atoms with Gasteiger partial charge in [0.1, 0.15) is 5.75 Å². The average molecular weight is 432 g/mol. The molecule has 0 atom stereocenters. The number of hydrogen-bond donors (Lipinski definition) is 2. The molecule has 3 rings (SSSR count). The molecule has 0 radical (unpaired) electrons. The molecule has 2 saturated heterocycles. The molecule has 172 valence electrons. The van der Waals surface area contributed by atoms with Crippen molar-refractivity contribution >= 4 is 17.3 Å². The first-order valence-corrected chi connectivity index (χ1v) is 11.3. The van der Waals surface area contributed by atoms with Crippen LogP contribution in [0, 0.1) is 0 Å². The lowest BCUT2D eigenvalue weighted by atomic mass is 9.93. The molecule has 0 spiro atoms. The smallest absolute Gasteiger partial charge is 0.180 e. The molecule has 0 saturated carbocycles. The van der Waals surface area contributed by atoms with Crippen LogP contribution in [0.2, 0.25) is 0 Å². The summed E-state index contributed by atoms with van der Waals surface area (Å²) in [4.78, 5) is 34.9. The van der Waals surface area contributed by atoms with E-state index in [2.05, 4.69) is 33.7 Å². The molecular weight excluding hydrogens is 394 g/mol. The quantitative estimate of drug-likeness (QED) is 0.461. The normalized spacial score (nSPS) is 19.6. The molecule has 0 aromatic heterocycles. The number of phenolic OH excluding ortho intramolecular Hbond substituents is 1. The second-order valence-corrected chi connectivity index (χ2v) is 8.97. The zero-order valence-corrected chi connectivity index (χ0v) is 19.2. The Morgan fingerprint density at radius 1 is 0.871 bits per heavy atom. The van der Waals surface area contributed by atoms with Crippen molar-refractivity contribution < 1.29 is 14.7 Å². The molecule has 8 heteroatoms. The number of benzene rings is 1. The molecule has 2 heterocycles. The van der Waals surface area contributed by atoms with E-state index in [1.165, 1.54) is 6.07 Å². The standard InChI is InChI=1S/C23H37N5O3/c1-4-5-17-22(24)18(20(29)15-27-10-6-25(2)7-11-27)14-19(23(17)31)21(30)16-28-12-8-26(3)9-13-28/h14,31H,4-13,15-16,24H2,1-3H3. The van der Waals surface area contributed by atoms with Crippen molar-refractivity contribution in [3.63, 3.8) is 0 Å². The molecule has 1 aromatic carbocycles. The van der Waals surface area contributed by atoms with Crippen molar-refractivity contribution in [3.05, 3.63) is 22.8 Å². The first-order chi connectivity index (χ1) is 14.8. The Kier molecular flexibility index (Phi) is 8.05. The highest BCUT2D eigenvalue weighted by Gasteiger charge is 2.26. The lowest BCUT2D eigenvalue weighted by molar-refractivity contribution is 0.0873. The number of hydrogen-bond acceptors (Lipinski definition) is 8. The van der Waals surface area contributed by atoms with Gasteiger partial charge in [-0.25, -0.2) is 0 Å². The number of nitrogens with zero attached hydrogens (tertiary/aromatic N) is 4. The first-order valence-electron chi connectivity index (χ1n) is 11.3. The predicted molar refractivity (Wildman–Crippen MR) is 123 cm³/mol. The summed E-state index contributed by atoms with van der Waals surface area (Å²) in [6.07, 6.45) is 1.29. The number of rotatable bonds is 8. The van der Waals surface area contributed by atoms with Crippen LogP contribution in [-0.2, 0) is 6.42 Å². The van der Waals surface area contributed by atoms with Gasteiger partial charge < -0.3 is 20.6 Å². The number of likely N-dealkylation sites (N-methyl/N-ethyl adjacent to an activating group) is 2. The highest BCUT2D eigenvalue weighted by molar-refractivity contribution is 6.08. The molecule has 2 fully saturated rings. The Morgan fingerprint density at radius 2 is 1.32 bits per heavy atom. The zero-order valence-electron chi connectivity index (χ0n) is 19.2. The van der Waals surface area contributed by atoms with Crippen LogP contribution >= 0.6 is 0 Å². The number of nitrogen functional groups attached to an aromatic ring is 1. The van der Waals surface area contributed by atoms with Gasteiger partial charge in [-0.15, -0.1) is 0 Å². The fourth-order valence-corrected chi connectivity index (χ4v) is 4.28. The van der Waals surface area contributed by atoms with E-state index >= 15 is 0 Å². The Labute approximate surface area is 185 Å². The summed E-state index contributed by atoms with van der Waals surface area (Å²) in [5.74, 6) is -0.310. The summed E-state index contributed by atoms with van der Waals surface area (Å²) >= 11 is 0. The highest BCUT2D eigenvalue weighted by atomic mass is 16.3. The van der Waals surface area contributed by atoms with E-state index < -0.39 is 0 Å². The minimum Gasteiger partial charge on any atom is -0.507 e. The summed E-state index contributed by atoms with van der Waals surface area (Å²) in [7, 11) is 4.15. The van der Waals surface area contributed by atoms with Gasteiger partial charge >= 0.3 is 0 Å². The van der Waals surface area contributed by atoms with Gasteiger partial charge in [-0.2, -0.15) is 0 Å². The van der Waals surface area contributed by atoms with Crippen LogP contribution in [0.4, 0.5) is 5.69 Å². The topological polar surface area (TPSA) is 93.4 Å². The van der Waals surface area contributed by atoms with E-state index in [1.54, 1.807) is 0 Å². The van der Waals surface area contributed by atoms with Gasteiger partial charge in [-0.3, -0.25) is 19.4 Å². The third-order valence-corrected chi connectivity index (χ3v) is 6.47. The Morgan fingerprint density at radius 3 is 1.77 bits per heavy atom. The summed E-state index contributed by atoms with van der Waals surface area (Å²) < 4.78 is 0. The molecule has 31 heavy (non-hydrogen) atoms. The van der Waals surface area contributed by atoms with Gasteiger partial charge in [0.2, 0.25) is 0 Å². The number of ketones is 2. The number of aromatic hydroxyl groups is 1. The molecule has 2 aliphatic heterocycles. The fourth-order valence-electron chi connectivity index (χ4n) is 4.28. The Bertz CT molecular complexity index is 737. The Balaban J connectivity index is 1.82. The second-order valence-electron chi connectivity index (χ2n) is 8.97. The van der Waals surface area contributed by atoms with Crippen LogP contribution in [0.1, 0.15) is 39.6 Å². The lowest BCUT2D eigenvalue weighted by Gasteiger charge is -2.32. The van der Waals surface area contributed by atoms with Crippen LogP contribution in [0.25, 0.3) is 0 Å². The molecule has 0 aliphatic carbocycles.